The van der Waals surface area contributed by atoms with Crippen LogP contribution in [-0.4, -0.2) is 37.1 Å². The minimum Gasteiger partial charge on any atom is -0.493 e. The van der Waals surface area contributed by atoms with E-state index in [4.69, 9.17) is 21.7 Å². The third-order valence-corrected chi connectivity index (χ3v) is 4.90. The number of Topliss-reactive ketones (excluding diaryl/α,β-unsaturated/α-hetero) is 1. The highest BCUT2D eigenvalue weighted by atomic mass is 79.9. The number of thiocarbonyl (C=S) groups is 1. The van der Waals surface area contributed by atoms with E-state index in [9.17, 15) is 4.79 Å². The van der Waals surface area contributed by atoms with Crippen molar-refractivity contribution in [1.82, 2.24) is 10.2 Å². The molecule has 1 N–H and O–H groups in total. The van der Waals surface area contributed by atoms with Crippen LogP contribution in [0.15, 0.2) is 27.9 Å². The van der Waals surface area contributed by atoms with E-state index in [1.165, 1.54) is 0 Å². The van der Waals surface area contributed by atoms with Crippen molar-refractivity contribution >= 4 is 39.0 Å². The largest absolute Gasteiger partial charge is 0.493 e. The van der Waals surface area contributed by atoms with Crippen LogP contribution in [0.5, 0.6) is 11.5 Å². The van der Waals surface area contributed by atoms with Gasteiger partial charge in [-0.15, -0.1) is 0 Å². The average molecular weight is 399 g/mol. The Labute approximate surface area is 149 Å². The number of nitrogens with one attached hydrogen (secondary N) is 1. The zero-order valence-corrected chi connectivity index (χ0v) is 16.1. The first-order valence-electron chi connectivity index (χ1n) is 6.99. The van der Waals surface area contributed by atoms with Crippen molar-refractivity contribution in [3.63, 3.8) is 0 Å². The fourth-order valence-corrected chi connectivity index (χ4v) is 3.52. The van der Waals surface area contributed by atoms with E-state index in [0.717, 1.165) is 15.7 Å². The number of rotatable bonds is 4. The molecule has 1 aliphatic heterocycles. The molecule has 0 bridgehead atoms. The highest BCUT2D eigenvalue weighted by Gasteiger charge is 2.31. The van der Waals surface area contributed by atoms with Crippen molar-refractivity contribution in [1.29, 1.82) is 0 Å². The van der Waals surface area contributed by atoms with E-state index in [-0.39, 0.29) is 11.8 Å². The van der Waals surface area contributed by atoms with Crippen LogP contribution in [0, 0.1) is 0 Å². The van der Waals surface area contributed by atoms with Gasteiger partial charge >= 0.3 is 0 Å². The summed E-state index contributed by atoms with van der Waals surface area (Å²) < 4.78 is 11.5. The average Bonchev–Trinajstić information content (AvgIpc) is 2.50. The molecule has 1 aromatic carbocycles. The molecule has 1 unspecified atom stereocenters. The molecule has 124 valence electrons. The summed E-state index contributed by atoms with van der Waals surface area (Å²) >= 11 is 8.85. The van der Waals surface area contributed by atoms with Gasteiger partial charge < -0.3 is 19.7 Å². The molecule has 7 heteroatoms. The van der Waals surface area contributed by atoms with Gasteiger partial charge in [0.05, 0.1) is 24.7 Å². The zero-order chi connectivity index (χ0) is 17.3. The summed E-state index contributed by atoms with van der Waals surface area (Å²) in [5.41, 5.74) is 2.40. The lowest BCUT2D eigenvalue weighted by Crippen LogP contribution is -2.45. The maximum absolute atomic E-state index is 12.2. The molecule has 23 heavy (non-hydrogen) atoms. The number of nitrogens with zero attached hydrogens (tertiary/aromatic N) is 1. The Morgan fingerprint density at radius 2 is 2.00 bits per heavy atom. The molecule has 1 aliphatic rings. The number of hydrogen-bond donors (Lipinski definition) is 1. The van der Waals surface area contributed by atoms with Gasteiger partial charge in [-0.3, -0.25) is 4.79 Å². The van der Waals surface area contributed by atoms with Crippen molar-refractivity contribution in [3.8, 4) is 11.5 Å². The van der Waals surface area contributed by atoms with Gasteiger partial charge in [-0.25, -0.2) is 0 Å². The van der Waals surface area contributed by atoms with Gasteiger partial charge in [0.15, 0.2) is 22.4 Å². The molecule has 1 aromatic rings. The minimum atomic E-state index is -0.327. The van der Waals surface area contributed by atoms with E-state index in [2.05, 4.69) is 21.2 Å². The smallest absolute Gasteiger partial charge is 0.174 e. The molecule has 0 radical (unpaired) electrons. The molecule has 1 atom stereocenters. The lowest BCUT2D eigenvalue weighted by atomic mass is 9.92. The van der Waals surface area contributed by atoms with Crippen LogP contribution in [0.4, 0.5) is 0 Å². The molecule has 0 aliphatic carbocycles. The number of hydrogen-bond acceptors (Lipinski definition) is 4. The molecule has 2 rings (SSSR count). The first-order chi connectivity index (χ1) is 10.8. The summed E-state index contributed by atoms with van der Waals surface area (Å²) in [6.07, 6.45) is 0. The second-order valence-electron chi connectivity index (χ2n) is 5.24. The van der Waals surface area contributed by atoms with Gasteiger partial charge in [0.25, 0.3) is 0 Å². The zero-order valence-electron chi connectivity index (χ0n) is 13.7. The van der Waals surface area contributed by atoms with Gasteiger partial charge in [-0.05, 0) is 59.7 Å². The molecule has 0 aromatic heterocycles. The van der Waals surface area contributed by atoms with Gasteiger partial charge in [0.2, 0.25) is 0 Å². The number of ether oxygens (including phenoxy) is 2. The fraction of sp³-hybridized carbons (Fsp3) is 0.375. The summed E-state index contributed by atoms with van der Waals surface area (Å²) in [6, 6.07) is 3.43. The fourth-order valence-electron chi connectivity index (χ4n) is 2.65. The first-order valence-corrected chi connectivity index (χ1v) is 8.19. The van der Waals surface area contributed by atoms with Crippen LogP contribution in [0.25, 0.3) is 0 Å². The predicted octanol–water partition coefficient (Wildman–Crippen LogP) is 3.19. The third kappa shape index (κ3) is 3.21. The Hall–Kier alpha value is -1.60. The number of carbonyl (C=O) groups is 1. The van der Waals surface area contributed by atoms with Crippen LogP contribution in [0.3, 0.4) is 0 Å². The third-order valence-electron chi connectivity index (χ3n) is 3.92. The lowest BCUT2D eigenvalue weighted by molar-refractivity contribution is -0.114. The van der Waals surface area contributed by atoms with Crippen LogP contribution in [-0.2, 0) is 4.79 Å². The second kappa shape index (κ2) is 6.88. The molecule has 0 saturated carbocycles. The van der Waals surface area contributed by atoms with Crippen LogP contribution in [0.1, 0.15) is 25.5 Å². The van der Waals surface area contributed by atoms with Crippen molar-refractivity contribution < 1.29 is 14.3 Å². The van der Waals surface area contributed by atoms with Crippen molar-refractivity contribution in [2.45, 2.75) is 19.9 Å². The van der Waals surface area contributed by atoms with Crippen LogP contribution in [0.2, 0.25) is 0 Å². The second-order valence-corrected chi connectivity index (χ2v) is 6.48. The van der Waals surface area contributed by atoms with Crippen molar-refractivity contribution in [2.75, 3.05) is 21.3 Å². The standard InChI is InChI=1S/C16H19BrN2O3S/c1-8-13(9(2)20)14(18-16(23)19(8)3)10-6-11(17)15(22-5)12(7-10)21-4/h6-7,14H,1-5H3,(H,18,23). The highest BCUT2D eigenvalue weighted by Crippen LogP contribution is 2.40. The predicted molar refractivity (Wildman–Crippen MR) is 96.9 cm³/mol. The van der Waals surface area contributed by atoms with E-state index < -0.39 is 0 Å². The molecular weight excluding hydrogens is 380 g/mol. The summed E-state index contributed by atoms with van der Waals surface area (Å²) in [5.74, 6) is 1.20. The normalized spacial score (nSPS) is 17.9. The van der Waals surface area contributed by atoms with Crippen molar-refractivity contribution in [2.24, 2.45) is 0 Å². The quantitative estimate of drug-likeness (QED) is 0.785. The van der Waals surface area contributed by atoms with Gasteiger partial charge in [0.1, 0.15) is 0 Å². The number of allylic oxidation sites excluding steroid dienone is 1. The van der Waals surface area contributed by atoms with E-state index in [1.807, 2.05) is 26.1 Å². The van der Waals surface area contributed by atoms with Gasteiger partial charge in [-0.2, -0.15) is 0 Å². The Balaban J connectivity index is 2.62. The summed E-state index contributed by atoms with van der Waals surface area (Å²) in [6.45, 7) is 3.46. The Morgan fingerprint density at radius 3 is 2.52 bits per heavy atom. The van der Waals surface area contributed by atoms with Gasteiger partial charge in [0, 0.05) is 18.3 Å². The molecule has 1 heterocycles. The number of ketones is 1. The molecule has 0 amide bonds. The molecule has 0 fully saturated rings. The highest BCUT2D eigenvalue weighted by molar-refractivity contribution is 9.10. The molecule has 0 spiro atoms. The number of methoxy groups -OCH3 is 2. The number of carbonyl (C=O) groups excluding carboxylic acids is 1. The summed E-state index contributed by atoms with van der Waals surface area (Å²) in [7, 11) is 5.00. The van der Waals surface area contributed by atoms with Crippen LogP contribution >= 0.6 is 28.1 Å². The number of benzene rings is 1. The van der Waals surface area contributed by atoms with E-state index in [0.29, 0.717) is 22.2 Å². The Kier molecular flexibility index (Phi) is 5.31. The lowest BCUT2D eigenvalue weighted by Gasteiger charge is -2.35. The summed E-state index contributed by atoms with van der Waals surface area (Å²) in [4.78, 5) is 14.0. The molecule has 5 nitrogen and oxygen atoms in total. The van der Waals surface area contributed by atoms with Gasteiger partial charge in [-0.1, -0.05) is 0 Å². The van der Waals surface area contributed by atoms with Crippen LogP contribution < -0.4 is 14.8 Å². The number of halogens is 1. The monoisotopic (exact) mass is 398 g/mol. The maximum atomic E-state index is 12.2. The topological polar surface area (TPSA) is 50.8 Å². The van der Waals surface area contributed by atoms with Crippen molar-refractivity contribution in [3.05, 3.63) is 33.4 Å². The van der Waals surface area contributed by atoms with E-state index in [1.54, 1.807) is 26.0 Å². The first kappa shape index (κ1) is 17.7. The minimum absolute atomic E-state index is 0.000238. The Morgan fingerprint density at radius 1 is 1.35 bits per heavy atom. The molecule has 0 saturated heterocycles. The molecular formula is C16H19BrN2O3S. The Bertz CT molecular complexity index is 703. The van der Waals surface area contributed by atoms with E-state index >= 15 is 0 Å². The summed E-state index contributed by atoms with van der Waals surface area (Å²) in [5, 5.41) is 3.79. The SMILES string of the molecule is COc1cc(C2NC(=S)N(C)C(C)=C2C(C)=O)cc(Br)c1OC. The maximum Gasteiger partial charge on any atom is 0.174 e.